The van der Waals surface area contributed by atoms with E-state index < -0.39 is 24.5 Å². The average molecular weight is 500 g/mol. The van der Waals surface area contributed by atoms with Crippen molar-refractivity contribution in [3.05, 3.63) is 63.3 Å². The van der Waals surface area contributed by atoms with Crippen molar-refractivity contribution in [2.24, 2.45) is 0 Å². The van der Waals surface area contributed by atoms with Gasteiger partial charge >= 0.3 is 12.0 Å². The van der Waals surface area contributed by atoms with E-state index in [0.717, 1.165) is 10.5 Å². The Morgan fingerprint density at radius 2 is 1.97 bits per heavy atom. The van der Waals surface area contributed by atoms with Crippen molar-refractivity contribution >= 4 is 39.9 Å². The molecule has 1 N–H and O–H groups in total. The first-order chi connectivity index (χ1) is 15.4. The van der Waals surface area contributed by atoms with Crippen LogP contribution < -0.4 is 14.8 Å². The van der Waals surface area contributed by atoms with E-state index in [-0.39, 0.29) is 12.3 Å². The third-order valence-corrected chi connectivity index (χ3v) is 5.27. The van der Waals surface area contributed by atoms with Crippen molar-refractivity contribution in [2.75, 3.05) is 20.8 Å². The van der Waals surface area contributed by atoms with Crippen LogP contribution >= 0.6 is 15.9 Å². The van der Waals surface area contributed by atoms with Crippen LogP contribution in [0.5, 0.6) is 11.5 Å². The minimum atomic E-state index is -0.717. The Kier molecular flexibility index (Phi) is 7.12. The van der Waals surface area contributed by atoms with Gasteiger partial charge in [0.2, 0.25) is 0 Å². The standard InChI is InChI=1S/C22H18BrN3O6/c1-30-18-8-15(7-17-21(28)26(22(29)25-17)11-20(27)31-2)16(23)9-19(18)32-12-14-6-4-3-5-13(14)10-24/h3-9H,11-12H2,1-2H3,(H,25,29)/b17-7+. The summed E-state index contributed by atoms with van der Waals surface area (Å²) in [7, 11) is 2.64. The predicted molar refractivity (Wildman–Crippen MR) is 116 cm³/mol. The molecule has 9 nitrogen and oxygen atoms in total. The van der Waals surface area contributed by atoms with Gasteiger partial charge < -0.3 is 19.5 Å². The number of methoxy groups -OCH3 is 2. The lowest BCUT2D eigenvalue weighted by atomic mass is 10.1. The number of hydrogen-bond donors (Lipinski definition) is 1. The largest absolute Gasteiger partial charge is 0.493 e. The number of nitrogens with one attached hydrogen (secondary N) is 1. The first-order valence-corrected chi connectivity index (χ1v) is 10.1. The molecule has 1 aliphatic rings. The van der Waals surface area contributed by atoms with Crippen molar-refractivity contribution in [2.45, 2.75) is 6.61 Å². The Balaban J connectivity index is 1.84. The number of halogens is 1. The Bertz CT molecular complexity index is 1150. The van der Waals surface area contributed by atoms with Gasteiger partial charge in [-0.15, -0.1) is 0 Å². The second kappa shape index (κ2) is 9.98. The van der Waals surface area contributed by atoms with Gasteiger partial charge in [-0.3, -0.25) is 9.59 Å². The molecule has 3 rings (SSSR count). The van der Waals surface area contributed by atoms with E-state index in [4.69, 9.17) is 9.47 Å². The summed E-state index contributed by atoms with van der Waals surface area (Å²) in [6.45, 7) is -0.329. The lowest BCUT2D eigenvalue weighted by Crippen LogP contribution is -2.36. The number of nitrogens with zero attached hydrogens (tertiary/aromatic N) is 2. The normalized spacial score (nSPS) is 14.2. The molecular formula is C22H18BrN3O6. The summed E-state index contributed by atoms with van der Waals surface area (Å²) in [4.78, 5) is 36.7. The Hall–Kier alpha value is -3.84. The average Bonchev–Trinajstić information content (AvgIpc) is 3.06. The summed E-state index contributed by atoms with van der Waals surface area (Å²) in [6, 6.07) is 11.8. The zero-order chi connectivity index (χ0) is 23.3. The van der Waals surface area contributed by atoms with Gasteiger partial charge in [-0.25, -0.2) is 9.69 Å². The van der Waals surface area contributed by atoms with E-state index in [1.807, 2.05) is 6.07 Å². The van der Waals surface area contributed by atoms with E-state index in [9.17, 15) is 19.6 Å². The molecule has 0 aliphatic carbocycles. The van der Waals surface area contributed by atoms with Gasteiger partial charge in [0, 0.05) is 10.0 Å². The molecule has 2 aromatic carbocycles. The van der Waals surface area contributed by atoms with Crippen molar-refractivity contribution in [3.63, 3.8) is 0 Å². The third-order valence-electron chi connectivity index (χ3n) is 4.58. The number of hydrogen-bond acceptors (Lipinski definition) is 7. The number of esters is 1. The van der Waals surface area contributed by atoms with Crippen LogP contribution in [-0.2, 0) is 20.9 Å². The van der Waals surface area contributed by atoms with Crippen molar-refractivity contribution in [3.8, 4) is 17.6 Å². The van der Waals surface area contributed by atoms with Gasteiger partial charge in [0.05, 0.1) is 25.9 Å². The number of nitriles is 1. The highest BCUT2D eigenvalue weighted by Gasteiger charge is 2.35. The molecule has 0 bridgehead atoms. The second-order valence-corrected chi connectivity index (χ2v) is 7.39. The highest BCUT2D eigenvalue weighted by molar-refractivity contribution is 9.10. The fourth-order valence-electron chi connectivity index (χ4n) is 2.91. The zero-order valence-corrected chi connectivity index (χ0v) is 18.8. The van der Waals surface area contributed by atoms with Gasteiger partial charge in [0.15, 0.2) is 11.5 Å². The molecule has 1 fully saturated rings. The van der Waals surface area contributed by atoms with Crippen LogP contribution in [0.2, 0.25) is 0 Å². The summed E-state index contributed by atoms with van der Waals surface area (Å²) in [5.74, 6) is -0.558. The van der Waals surface area contributed by atoms with Gasteiger partial charge in [0.1, 0.15) is 18.8 Å². The van der Waals surface area contributed by atoms with Gasteiger partial charge in [0.25, 0.3) is 5.91 Å². The Morgan fingerprint density at radius 3 is 2.66 bits per heavy atom. The van der Waals surface area contributed by atoms with Crippen LogP contribution in [0.3, 0.4) is 0 Å². The molecule has 1 aliphatic heterocycles. The lowest BCUT2D eigenvalue weighted by molar-refractivity contribution is -0.143. The van der Waals surface area contributed by atoms with Crippen LogP contribution in [0.1, 0.15) is 16.7 Å². The molecule has 0 radical (unpaired) electrons. The van der Waals surface area contributed by atoms with Crippen LogP contribution in [0.25, 0.3) is 6.08 Å². The number of rotatable bonds is 7. The molecule has 1 heterocycles. The minimum absolute atomic E-state index is 0.00160. The summed E-state index contributed by atoms with van der Waals surface area (Å²) < 4.78 is 16.3. The molecule has 0 spiro atoms. The number of ether oxygens (including phenoxy) is 3. The molecule has 0 unspecified atom stereocenters. The van der Waals surface area contributed by atoms with Crippen molar-refractivity contribution < 1.29 is 28.6 Å². The SMILES string of the molecule is COC(=O)CN1C(=O)N/C(=C/c2cc(OC)c(OCc3ccccc3C#N)cc2Br)C1=O. The summed E-state index contributed by atoms with van der Waals surface area (Å²) in [6.07, 6.45) is 1.46. The number of amides is 3. The zero-order valence-electron chi connectivity index (χ0n) is 17.2. The summed E-state index contributed by atoms with van der Waals surface area (Å²) in [5.41, 5.74) is 1.77. The highest BCUT2D eigenvalue weighted by atomic mass is 79.9. The maximum atomic E-state index is 12.5. The maximum Gasteiger partial charge on any atom is 0.329 e. The molecule has 0 saturated carbocycles. The highest BCUT2D eigenvalue weighted by Crippen LogP contribution is 2.35. The molecule has 10 heteroatoms. The Labute approximate surface area is 192 Å². The molecule has 1 saturated heterocycles. The minimum Gasteiger partial charge on any atom is -0.493 e. The number of urea groups is 1. The second-order valence-electron chi connectivity index (χ2n) is 6.54. The van der Waals surface area contributed by atoms with Crippen LogP contribution in [0, 0.1) is 11.3 Å². The predicted octanol–water partition coefficient (Wildman–Crippen LogP) is 2.97. The smallest absolute Gasteiger partial charge is 0.329 e. The monoisotopic (exact) mass is 499 g/mol. The number of carbonyl (C=O) groups is 3. The number of imide groups is 1. The van der Waals surface area contributed by atoms with Crippen molar-refractivity contribution in [1.82, 2.24) is 10.2 Å². The van der Waals surface area contributed by atoms with E-state index in [1.165, 1.54) is 20.3 Å². The topological polar surface area (TPSA) is 118 Å². The van der Waals surface area contributed by atoms with Gasteiger partial charge in [-0.05, 0) is 29.8 Å². The van der Waals surface area contributed by atoms with Crippen LogP contribution in [0.15, 0.2) is 46.6 Å². The quantitative estimate of drug-likeness (QED) is 0.353. The van der Waals surface area contributed by atoms with E-state index in [0.29, 0.717) is 27.1 Å². The third kappa shape index (κ3) is 4.90. The summed E-state index contributed by atoms with van der Waals surface area (Å²) in [5, 5.41) is 11.7. The molecular weight excluding hydrogens is 482 g/mol. The van der Waals surface area contributed by atoms with E-state index >= 15 is 0 Å². The lowest BCUT2D eigenvalue weighted by Gasteiger charge is -2.13. The first kappa shape index (κ1) is 22.8. The van der Waals surface area contributed by atoms with Gasteiger partial charge in [-0.1, -0.05) is 34.1 Å². The molecule has 0 atom stereocenters. The maximum absolute atomic E-state index is 12.5. The van der Waals surface area contributed by atoms with E-state index in [2.05, 4.69) is 32.1 Å². The number of benzene rings is 2. The van der Waals surface area contributed by atoms with Gasteiger partial charge in [-0.2, -0.15) is 5.26 Å². The molecule has 3 amide bonds. The van der Waals surface area contributed by atoms with Crippen molar-refractivity contribution in [1.29, 1.82) is 5.26 Å². The van der Waals surface area contributed by atoms with Crippen LogP contribution in [-0.4, -0.2) is 43.6 Å². The first-order valence-electron chi connectivity index (χ1n) is 9.27. The number of carbonyl (C=O) groups excluding carboxylic acids is 3. The fourth-order valence-corrected chi connectivity index (χ4v) is 3.35. The fraction of sp³-hybridized carbons (Fsp3) is 0.182. The molecule has 164 valence electrons. The molecule has 2 aromatic rings. The molecule has 32 heavy (non-hydrogen) atoms. The summed E-state index contributed by atoms with van der Waals surface area (Å²) >= 11 is 3.43. The molecule has 0 aromatic heterocycles. The van der Waals surface area contributed by atoms with E-state index in [1.54, 1.807) is 30.3 Å². The Morgan fingerprint density at radius 1 is 1.22 bits per heavy atom. The van der Waals surface area contributed by atoms with Crippen LogP contribution in [0.4, 0.5) is 4.79 Å².